The summed E-state index contributed by atoms with van der Waals surface area (Å²) in [4.78, 5) is 38.3. The molecule has 1 aliphatic carbocycles. The fourth-order valence-electron chi connectivity index (χ4n) is 4.06. The van der Waals surface area contributed by atoms with Gasteiger partial charge in [-0.05, 0) is 42.2 Å². The van der Waals surface area contributed by atoms with Gasteiger partial charge in [0, 0.05) is 36.2 Å². The maximum atomic E-state index is 12.9. The van der Waals surface area contributed by atoms with Gasteiger partial charge in [0.1, 0.15) is 0 Å². The summed E-state index contributed by atoms with van der Waals surface area (Å²) in [5, 5.41) is 12.5. The molecule has 2 fully saturated rings. The smallest absolute Gasteiger partial charge is 0.308 e. The molecule has 150 valence electrons. The van der Waals surface area contributed by atoms with Crippen molar-refractivity contribution in [2.75, 3.05) is 18.4 Å². The Morgan fingerprint density at radius 1 is 0.966 bits per heavy atom. The standard InChI is InChI=1S/C23H24N2O4/c1-14-11-18(14)21(26)24-17-9-7-16(8-10-17)22(27)25-12-19(20(13-25)23(28)29)15-5-3-2-4-6-15/h2-10,14,18-20H,11-13H2,1H3,(H,24,26)(H,28,29)/t14?,18?,19-,20-/m0/s1. The van der Waals surface area contributed by atoms with Crippen LogP contribution in [0.15, 0.2) is 54.6 Å². The van der Waals surface area contributed by atoms with Crippen LogP contribution < -0.4 is 5.32 Å². The second kappa shape index (κ2) is 7.70. The van der Waals surface area contributed by atoms with Gasteiger partial charge in [-0.2, -0.15) is 0 Å². The molecule has 0 spiro atoms. The van der Waals surface area contributed by atoms with Crippen LogP contribution in [-0.4, -0.2) is 40.9 Å². The molecule has 1 saturated carbocycles. The van der Waals surface area contributed by atoms with E-state index in [1.54, 1.807) is 29.2 Å². The minimum atomic E-state index is -0.887. The van der Waals surface area contributed by atoms with Gasteiger partial charge >= 0.3 is 5.97 Å². The van der Waals surface area contributed by atoms with E-state index in [4.69, 9.17) is 0 Å². The maximum Gasteiger partial charge on any atom is 0.308 e. The van der Waals surface area contributed by atoms with Crippen molar-refractivity contribution >= 4 is 23.5 Å². The van der Waals surface area contributed by atoms with Crippen molar-refractivity contribution in [2.45, 2.75) is 19.3 Å². The molecule has 2 amide bonds. The molecule has 4 atom stereocenters. The highest BCUT2D eigenvalue weighted by molar-refractivity contribution is 5.97. The van der Waals surface area contributed by atoms with Gasteiger partial charge in [0.2, 0.25) is 5.91 Å². The highest BCUT2D eigenvalue weighted by Crippen LogP contribution is 2.38. The van der Waals surface area contributed by atoms with Crippen LogP contribution in [0.4, 0.5) is 5.69 Å². The Morgan fingerprint density at radius 2 is 1.62 bits per heavy atom. The number of nitrogens with zero attached hydrogens (tertiary/aromatic N) is 1. The molecular formula is C23H24N2O4. The van der Waals surface area contributed by atoms with E-state index in [0.29, 0.717) is 23.7 Å². The lowest BCUT2D eigenvalue weighted by Crippen LogP contribution is -2.29. The normalized spacial score (nSPS) is 25.5. The molecule has 0 aromatic heterocycles. The van der Waals surface area contributed by atoms with Crippen molar-refractivity contribution in [3.8, 4) is 0 Å². The molecule has 1 heterocycles. The zero-order valence-electron chi connectivity index (χ0n) is 16.2. The van der Waals surface area contributed by atoms with E-state index in [2.05, 4.69) is 12.2 Å². The lowest BCUT2D eigenvalue weighted by Gasteiger charge is -2.17. The molecule has 29 heavy (non-hydrogen) atoms. The number of anilines is 1. The van der Waals surface area contributed by atoms with Gasteiger partial charge in [-0.3, -0.25) is 14.4 Å². The van der Waals surface area contributed by atoms with Crippen molar-refractivity contribution in [3.63, 3.8) is 0 Å². The first-order valence-corrected chi connectivity index (χ1v) is 9.92. The van der Waals surface area contributed by atoms with Gasteiger partial charge < -0.3 is 15.3 Å². The number of hydrogen-bond donors (Lipinski definition) is 2. The summed E-state index contributed by atoms with van der Waals surface area (Å²) in [6.45, 7) is 2.61. The first-order chi connectivity index (χ1) is 13.9. The Hall–Kier alpha value is -3.15. The maximum absolute atomic E-state index is 12.9. The van der Waals surface area contributed by atoms with E-state index in [1.165, 1.54) is 0 Å². The number of amides is 2. The van der Waals surface area contributed by atoms with Crippen molar-refractivity contribution in [2.24, 2.45) is 17.8 Å². The Morgan fingerprint density at radius 3 is 2.21 bits per heavy atom. The predicted molar refractivity (Wildman–Crippen MR) is 109 cm³/mol. The van der Waals surface area contributed by atoms with Crippen LogP contribution in [0.3, 0.4) is 0 Å². The van der Waals surface area contributed by atoms with Crippen LogP contribution in [0, 0.1) is 17.8 Å². The molecule has 6 nitrogen and oxygen atoms in total. The van der Waals surface area contributed by atoms with Gasteiger partial charge in [-0.1, -0.05) is 37.3 Å². The van der Waals surface area contributed by atoms with Crippen LogP contribution in [0.1, 0.15) is 35.2 Å². The quantitative estimate of drug-likeness (QED) is 0.818. The van der Waals surface area contributed by atoms with Crippen molar-refractivity contribution in [3.05, 3.63) is 65.7 Å². The number of benzene rings is 2. The zero-order chi connectivity index (χ0) is 20.5. The molecule has 6 heteroatoms. The SMILES string of the molecule is CC1CC1C(=O)Nc1ccc(C(=O)N2C[C@H](C(=O)O)[C@H](c3ccccc3)C2)cc1. The van der Waals surface area contributed by atoms with E-state index in [0.717, 1.165) is 12.0 Å². The third-order valence-corrected chi connectivity index (χ3v) is 6.00. The van der Waals surface area contributed by atoms with Crippen LogP contribution >= 0.6 is 0 Å². The topological polar surface area (TPSA) is 86.7 Å². The summed E-state index contributed by atoms with van der Waals surface area (Å²) in [7, 11) is 0. The Balaban J connectivity index is 1.45. The average Bonchev–Trinajstić information content (AvgIpc) is 3.29. The third-order valence-electron chi connectivity index (χ3n) is 6.00. The number of aliphatic carboxylic acids is 1. The van der Waals surface area contributed by atoms with Gasteiger partial charge in [0.15, 0.2) is 0 Å². The van der Waals surface area contributed by atoms with Crippen LogP contribution in [0.5, 0.6) is 0 Å². The molecule has 2 aromatic rings. The Kier molecular flexibility index (Phi) is 5.09. The molecule has 0 bridgehead atoms. The average molecular weight is 392 g/mol. The van der Waals surface area contributed by atoms with Gasteiger partial charge in [0.25, 0.3) is 5.91 Å². The molecule has 1 aliphatic heterocycles. The van der Waals surface area contributed by atoms with Gasteiger partial charge in [0.05, 0.1) is 5.92 Å². The number of carboxylic acid groups (broad SMARTS) is 1. The summed E-state index contributed by atoms with van der Waals surface area (Å²) in [5.74, 6) is -1.39. The molecule has 4 rings (SSSR count). The number of carbonyl (C=O) groups is 3. The minimum absolute atomic E-state index is 0.0196. The number of carboxylic acids is 1. The lowest BCUT2D eigenvalue weighted by atomic mass is 9.89. The monoisotopic (exact) mass is 392 g/mol. The summed E-state index contributed by atoms with van der Waals surface area (Å²) in [5.41, 5.74) is 2.08. The zero-order valence-corrected chi connectivity index (χ0v) is 16.2. The molecular weight excluding hydrogens is 368 g/mol. The predicted octanol–water partition coefficient (Wildman–Crippen LogP) is 3.22. The van der Waals surface area contributed by atoms with E-state index >= 15 is 0 Å². The van der Waals surface area contributed by atoms with Gasteiger partial charge in [-0.15, -0.1) is 0 Å². The number of nitrogens with one attached hydrogen (secondary N) is 1. The fourth-order valence-corrected chi connectivity index (χ4v) is 4.06. The minimum Gasteiger partial charge on any atom is -0.481 e. The van der Waals surface area contributed by atoms with E-state index < -0.39 is 11.9 Å². The highest BCUT2D eigenvalue weighted by atomic mass is 16.4. The summed E-state index contributed by atoms with van der Waals surface area (Å²) in [6.07, 6.45) is 0.921. The number of likely N-dealkylation sites (tertiary alicyclic amines) is 1. The molecule has 2 N–H and O–H groups in total. The first-order valence-electron chi connectivity index (χ1n) is 9.92. The van der Waals surface area contributed by atoms with Gasteiger partial charge in [-0.25, -0.2) is 0 Å². The Labute approximate surface area is 169 Å². The Bertz CT molecular complexity index is 926. The van der Waals surface area contributed by atoms with Crippen molar-refractivity contribution in [1.29, 1.82) is 0 Å². The summed E-state index contributed by atoms with van der Waals surface area (Å²) in [6, 6.07) is 16.3. The highest BCUT2D eigenvalue weighted by Gasteiger charge is 2.41. The molecule has 2 aromatic carbocycles. The molecule has 2 aliphatic rings. The van der Waals surface area contributed by atoms with Crippen LogP contribution in [0.25, 0.3) is 0 Å². The summed E-state index contributed by atoms with van der Waals surface area (Å²) >= 11 is 0. The second-order valence-electron chi connectivity index (χ2n) is 8.06. The van der Waals surface area contributed by atoms with E-state index in [-0.39, 0.29) is 30.2 Å². The molecule has 2 unspecified atom stereocenters. The first kappa shape index (κ1) is 19.2. The van der Waals surface area contributed by atoms with E-state index in [1.807, 2.05) is 30.3 Å². The molecule has 0 radical (unpaired) electrons. The van der Waals surface area contributed by atoms with Crippen LogP contribution in [0.2, 0.25) is 0 Å². The van der Waals surface area contributed by atoms with E-state index in [9.17, 15) is 19.5 Å². The van der Waals surface area contributed by atoms with Crippen LogP contribution in [-0.2, 0) is 9.59 Å². The molecule has 1 saturated heterocycles. The summed E-state index contributed by atoms with van der Waals surface area (Å²) < 4.78 is 0. The van der Waals surface area contributed by atoms with Crippen molar-refractivity contribution < 1.29 is 19.5 Å². The lowest BCUT2D eigenvalue weighted by molar-refractivity contribution is -0.141. The number of hydrogen-bond acceptors (Lipinski definition) is 3. The largest absolute Gasteiger partial charge is 0.481 e. The number of carbonyl (C=O) groups excluding carboxylic acids is 2. The fraction of sp³-hybridized carbons (Fsp3) is 0.348. The third kappa shape index (κ3) is 4.01. The number of rotatable bonds is 5. The second-order valence-corrected chi connectivity index (χ2v) is 8.06. The van der Waals surface area contributed by atoms with Crippen molar-refractivity contribution in [1.82, 2.24) is 4.90 Å².